The van der Waals surface area contributed by atoms with E-state index in [-0.39, 0.29) is 11.6 Å². The number of pyridine rings is 1. The monoisotopic (exact) mass is 376 g/mol. The molecule has 0 radical (unpaired) electrons. The first kappa shape index (κ1) is 18.4. The van der Waals surface area contributed by atoms with Gasteiger partial charge >= 0.3 is 0 Å². The number of nitrogens with zero attached hydrogens (tertiary/aromatic N) is 2. The molecule has 0 aliphatic rings. The Bertz CT molecular complexity index is 999. The Hall–Kier alpha value is -3.36. The second kappa shape index (κ2) is 7.90. The molecule has 134 valence electrons. The summed E-state index contributed by atoms with van der Waals surface area (Å²) in [5.74, 6) is -0.325. The van der Waals surface area contributed by atoms with Crippen molar-refractivity contribution < 1.29 is 4.79 Å². The molecule has 2 N–H and O–H groups in total. The lowest BCUT2D eigenvalue weighted by molar-refractivity contribution is 0.102. The van der Waals surface area contributed by atoms with Crippen molar-refractivity contribution >= 4 is 34.6 Å². The normalized spacial score (nSPS) is 10.1. The van der Waals surface area contributed by atoms with Crippen molar-refractivity contribution in [2.45, 2.75) is 13.8 Å². The van der Waals surface area contributed by atoms with Crippen LogP contribution in [0.15, 0.2) is 54.7 Å². The van der Waals surface area contributed by atoms with Gasteiger partial charge in [-0.25, -0.2) is 4.98 Å². The van der Waals surface area contributed by atoms with Gasteiger partial charge in [-0.15, -0.1) is 0 Å². The number of carbonyl (C=O) groups is 1. The van der Waals surface area contributed by atoms with Crippen molar-refractivity contribution in [2.24, 2.45) is 0 Å². The van der Waals surface area contributed by atoms with Crippen LogP contribution in [-0.4, -0.2) is 10.9 Å². The fourth-order valence-corrected chi connectivity index (χ4v) is 3.02. The van der Waals surface area contributed by atoms with Crippen LogP contribution in [0.4, 0.5) is 17.1 Å². The lowest BCUT2D eigenvalue weighted by Crippen LogP contribution is -2.15. The van der Waals surface area contributed by atoms with E-state index < -0.39 is 0 Å². The van der Waals surface area contributed by atoms with Crippen molar-refractivity contribution in [3.63, 3.8) is 0 Å². The van der Waals surface area contributed by atoms with E-state index in [2.05, 4.69) is 21.7 Å². The summed E-state index contributed by atoms with van der Waals surface area (Å²) in [5.41, 5.74) is 4.97. The van der Waals surface area contributed by atoms with E-state index in [9.17, 15) is 4.79 Å². The summed E-state index contributed by atoms with van der Waals surface area (Å²) in [5, 5.41) is 15.3. The summed E-state index contributed by atoms with van der Waals surface area (Å²) < 4.78 is 0. The van der Waals surface area contributed by atoms with Crippen LogP contribution < -0.4 is 10.6 Å². The van der Waals surface area contributed by atoms with Crippen LogP contribution in [0, 0.1) is 25.2 Å². The largest absolute Gasteiger partial charge is 0.354 e. The number of halogens is 1. The second-order valence-corrected chi connectivity index (χ2v) is 6.55. The predicted molar refractivity (Wildman–Crippen MR) is 108 cm³/mol. The molecule has 1 amide bonds. The van der Waals surface area contributed by atoms with Gasteiger partial charge in [0.2, 0.25) is 0 Å². The molecule has 3 aromatic rings. The standard InChI is InChI=1S/C21H17ClN4O/c1-13-9-14(2)20(18(22)10-13)26-21(27)19-8-7-17(12-24-19)25-16-5-3-15(11-23)4-6-16/h3-10,12,25H,1-2H3,(H,26,27). The minimum absolute atomic E-state index is 0.288. The first-order chi connectivity index (χ1) is 13.0. The zero-order chi connectivity index (χ0) is 19.4. The highest BCUT2D eigenvalue weighted by molar-refractivity contribution is 6.34. The van der Waals surface area contributed by atoms with E-state index in [0.717, 1.165) is 22.5 Å². The lowest BCUT2D eigenvalue weighted by atomic mass is 10.1. The topological polar surface area (TPSA) is 77.8 Å². The third-order valence-corrected chi connectivity index (χ3v) is 4.27. The van der Waals surface area contributed by atoms with Crippen molar-refractivity contribution in [1.82, 2.24) is 4.98 Å². The Balaban J connectivity index is 1.71. The van der Waals surface area contributed by atoms with Gasteiger partial charge < -0.3 is 10.6 Å². The summed E-state index contributed by atoms with van der Waals surface area (Å²) >= 11 is 6.24. The second-order valence-electron chi connectivity index (χ2n) is 6.14. The van der Waals surface area contributed by atoms with Crippen molar-refractivity contribution in [3.8, 4) is 6.07 Å². The Morgan fingerprint density at radius 2 is 1.78 bits per heavy atom. The quantitative estimate of drug-likeness (QED) is 0.654. The fourth-order valence-electron chi connectivity index (χ4n) is 2.65. The molecule has 1 aromatic heterocycles. The van der Waals surface area contributed by atoms with Crippen LogP contribution in [0.3, 0.4) is 0 Å². The van der Waals surface area contributed by atoms with Gasteiger partial charge in [-0.1, -0.05) is 17.7 Å². The number of hydrogen-bond donors (Lipinski definition) is 2. The smallest absolute Gasteiger partial charge is 0.274 e. The molecule has 6 heteroatoms. The molecule has 0 aliphatic heterocycles. The predicted octanol–water partition coefficient (Wildman–Crippen LogP) is 5.22. The van der Waals surface area contributed by atoms with Crippen LogP contribution >= 0.6 is 11.6 Å². The average molecular weight is 377 g/mol. The molecule has 0 aliphatic carbocycles. The Labute approximate surface area is 162 Å². The summed E-state index contributed by atoms with van der Waals surface area (Å²) in [6, 6.07) is 16.3. The first-order valence-electron chi connectivity index (χ1n) is 8.27. The molecule has 27 heavy (non-hydrogen) atoms. The fraction of sp³-hybridized carbons (Fsp3) is 0.0952. The highest BCUT2D eigenvalue weighted by atomic mass is 35.5. The Morgan fingerprint density at radius 3 is 2.37 bits per heavy atom. The number of aromatic nitrogens is 1. The van der Waals surface area contributed by atoms with Gasteiger partial charge in [-0.05, 0) is 67.4 Å². The molecule has 0 saturated heterocycles. The molecule has 3 rings (SSSR count). The number of carbonyl (C=O) groups excluding carboxylic acids is 1. The van der Waals surface area contributed by atoms with Crippen LogP contribution in [0.25, 0.3) is 0 Å². The highest BCUT2D eigenvalue weighted by Gasteiger charge is 2.12. The molecule has 0 unspecified atom stereocenters. The summed E-state index contributed by atoms with van der Waals surface area (Å²) in [4.78, 5) is 16.7. The number of nitrogens with one attached hydrogen (secondary N) is 2. The minimum atomic E-state index is -0.325. The molecule has 2 aromatic carbocycles. The van der Waals surface area contributed by atoms with Gasteiger partial charge in [-0.3, -0.25) is 4.79 Å². The molecular formula is C21H17ClN4O. The summed E-state index contributed by atoms with van der Waals surface area (Å²) in [7, 11) is 0. The van der Waals surface area contributed by atoms with E-state index in [1.165, 1.54) is 0 Å². The van der Waals surface area contributed by atoms with E-state index in [1.54, 1.807) is 42.6 Å². The van der Waals surface area contributed by atoms with Crippen molar-refractivity contribution in [1.29, 1.82) is 5.26 Å². The van der Waals surface area contributed by atoms with Gasteiger partial charge in [0.25, 0.3) is 5.91 Å². The number of rotatable bonds is 4. The van der Waals surface area contributed by atoms with Crippen LogP contribution in [0.1, 0.15) is 27.2 Å². The first-order valence-corrected chi connectivity index (χ1v) is 8.65. The van der Waals surface area contributed by atoms with Crippen molar-refractivity contribution in [2.75, 3.05) is 10.6 Å². The van der Waals surface area contributed by atoms with Crippen molar-refractivity contribution in [3.05, 3.63) is 82.1 Å². The third kappa shape index (κ3) is 4.43. The molecule has 0 saturated carbocycles. The SMILES string of the molecule is Cc1cc(C)c(NC(=O)c2ccc(Nc3ccc(C#N)cc3)cn2)c(Cl)c1. The minimum Gasteiger partial charge on any atom is -0.354 e. The maximum Gasteiger partial charge on any atom is 0.274 e. The van der Waals surface area contributed by atoms with Crippen LogP contribution in [-0.2, 0) is 0 Å². The number of anilines is 3. The Kier molecular flexibility index (Phi) is 5.39. The van der Waals surface area contributed by atoms with Gasteiger partial charge in [0.1, 0.15) is 5.69 Å². The van der Waals surface area contributed by atoms with E-state index >= 15 is 0 Å². The molecule has 0 atom stereocenters. The molecule has 0 bridgehead atoms. The molecule has 0 fully saturated rings. The van der Waals surface area contributed by atoms with Gasteiger partial charge in [0.05, 0.1) is 34.2 Å². The zero-order valence-electron chi connectivity index (χ0n) is 14.9. The maximum absolute atomic E-state index is 12.5. The number of benzene rings is 2. The molecule has 5 nitrogen and oxygen atoms in total. The number of amides is 1. The highest BCUT2D eigenvalue weighted by Crippen LogP contribution is 2.27. The van der Waals surface area contributed by atoms with Crippen LogP contribution in [0.5, 0.6) is 0 Å². The van der Waals surface area contributed by atoms with E-state index in [1.807, 2.05) is 26.0 Å². The maximum atomic E-state index is 12.5. The van der Waals surface area contributed by atoms with Gasteiger partial charge in [-0.2, -0.15) is 5.26 Å². The number of hydrogen-bond acceptors (Lipinski definition) is 4. The van der Waals surface area contributed by atoms with Gasteiger partial charge in [0, 0.05) is 5.69 Å². The lowest BCUT2D eigenvalue weighted by Gasteiger charge is -2.12. The molecular weight excluding hydrogens is 360 g/mol. The Morgan fingerprint density at radius 1 is 1.07 bits per heavy atom. The zero-order valence-corrected chi connectivity index (χ0v) is 15.6. The molecule has 0 spiro atoms. The average Bonchev–Trinajstić information content (AvgIpc) is 2.65. The third-order valence-electron chi connectivity index (χ3n) is 3.97. The molecule has 1 heterocycles. The van der Waals surface area contributed by atoms with Crippen LogP contribution in [0.2, 0.25) is 5.02 Å². The summed E-state index contributed by atoms with van der Waals surface area (Å²) in [6.45, 7) is 3.85. The summed E-state index contributed by atoms with van der Waals surface area (Å²) in [6.07, 6.45) is 1.58. The number of nitriles is 1. The van der Waals surface area contributed by atoms with E-state index in [4.69, 9.17) is 16.9 Å². The number of aryl methyl sites for hydroxylation is 2. The van der Waals surface area contributed by atoms with Gasteiger partial charge in [0.15, 0.2) is 0 Å². The van der Waals surface area contributed by atoms with E-state index in [0.29, 0.717) is 16.3 Å².